The van der Waals surface area contributed by atoms with Gasteiger partial charge >= 0.3 is 0 Å². The Kier molecular flexibility index (Phi) is 1.48. The summed E-state index contributed by atoms with van der Waals surface area (Å²) in [6.07, 6.45) is 4.71. The van der Waals surface area contributed by atoms with Crippen LogP contribution in [0.2, 0.25) is 0 Å². The number of pyridine rings is 1. The maximum Gasteiger partial charge on any atom is 0.138 e. The lowest BCUT2D eigenvalue weighted by Crippen LogP contribution is -1.97. The Bertz CT molecular complexity index is 367. The Hall–Kier alpha value is -1.91. The van der Waals surface area contributed by atoms with E-state index < -0.39 is 0 Å². The number of nitrogens with zero attached hydrogens (tertiary/aromatic N) is 4. The molecular formula is C7H7N5. The third-order valence-electron chi connectivity index (χ3n) is 1.45. The third-order valence-corrected chi connectivity index (χ3v) is 1.45. The molecule has 0 saturated heterocycles. The predicted molar refractivity (Wildman–Crippen MR) is 43.6 cm³/mol. The summed E-state index contributed by atoms with van der Waals surface area (Å²) in [5.41, 5.74) is 6.35. The molecule has 0 aliphatic heterocycles. The van der Waals surface area contributed by atoms with Crippen LogP contribution < -0.4 is 5.73 Å². The van der Waals surface area contributed by atoms with E-state index in [1.54, 1.807) is 23.3 Å². The summed E-state index contributed by atoms with van der Waals surface area (Å²) in [6.45, 7) is 0. The van der Waals surface area contributed by atoms with Crippen molar-refractivity contribution in [1.29, 1.82) is 0 Å². The van der Waals surface area contributed by atoms with Crippen molar-refractivity contribution in [2.75, 3.05) is 5.73 Å². The number of hydrogen-bond acceptors (Lipinski definition) is 4. The van der Waals surface area contributed by atoms with Crippen LogP contribution in [0.25, 0.3) is 5.69 Å². The fraction of sp³-hybridized carbons (Fsp3) is 0. The van der Waals surface area contributed by atoms with E-state index >= 15 is 0 Å². The van der Waals surface area contributed by atoms with E-state index in [-0.39, 0.29) is 0 Å². The first-order valence-electron chi connectivity index (χ1n) is 3.43. The fourth-order valence-electron chi connectivity index (χ4n) is 0.921. The summed E-state index contributed by atoms with van der Waals surface area (Å²) in [7, 11) is 0. The van der Waals surface area contributed by atoms with Crippen molar-refractivity contribution in [2.45, 2.75) is 0 Å². The molecule has 0 unspecified atom stereocenters. The molecule has 2 aromatic heterocycles. The first-order chi connectivity index (χ1) is 5.86. The number of anilines is 1. The summed E-state index contributed by atoms with van der Waals surface area (Å²) in [6, 6.07) is 3.54. The summed E-state index contributed by atoms with van der Waals surface area (Å²) < 4.78 is 1.62. The van der Waals surface area contributed by atoms with Gasteiger partial charge in [-0.2, -0.15) is 5.10 Å². The quantitative estimate of drug-likeness (QED) is 0.650. The van der Waals surface area contributed by atoms with Gasteiger partial charge in [-0.3, -0.25) is 0 Å². The molecule has 12 heavy (non-hydrogen) atoms. The van der Waals surface area contributed by atoms with Crippen molar-refractivity contribution in [3.05, 3.63) is 31.0 Å². The molecule has 0 bridgehead atoms. The van der Waals surface area contributed by atoms with Crippen molar-refractivity contribution in [3.8, 4) is 5.69 Å². The van der Waals surface area contributed by atoms with Crippen LogP contribution in [-0.4, -0.2) is 19.7 Å². The van der Waals surface area contributed by atoms with Crippen molar-refractivity contribution < 1.29 is 0 Å². The van der Waals surface area contributed by atoms with Gasteiger partial charge in [-0.15, -0.1) is 0 Å². The first kappa shape index (κ1) is 6.78. The highest BCUT2D eigenvalue weighted by Gasteiger charge is 1.95. The van der Waals surface area contributed by atoms with E-state index in [0.717, 1.165) is 5.69 Å². The topological polar surface area (TPSA) is 69.6 Å². The van der Waals surface area contributed by atoms with Gasteiger partial charge in [0.2, 0.25) is 0 Å². The van der Waals surface area contributed by atoms with Crippen molar-refractivity contribution in [3.63, 3.8) is 0 Å². The number of nitrogens with two attached hydrogens (primary N) is 1. The fourth-order valence-corrected chi connectivity index (χ4v) is 0.921. The van der Waals surface area contributed by atoms with Gasteiger partial charge in [-0.05, 0) is 6.07 Å². The van der Waals surface area contributed by atoms with Gasteiger partial charge in [-0.25, -0.2) is 14.6 Å². The average Bonchev–Trinajstić information content (AvgIpc) is 2.56. The molecule has 0 radical (unpaired) electrons. The molecule has 0 atom stereocenters. The molecule has 0 aromatic carbocycles. The van der Waals surface area contributed by atoms with Crippen LogP contribution in [0.3, 0.4) is 0 Å². The van der Waals surface area contributed by atoms with E-state index in [2.05, 4.69) is 15.1 Å². The van der Waals surface area contributed by atoms with Crippen LogP contribution in [0.5, 0.6) is 0 Å². The van der Waals surface area contributed by atoms with Gasteiger partial charge in [0.1, 0.15) is 18.5 Å². The lowest BCUT2D eigenvalue weighted by Gasteiger charge is -1.99. The third kappa shape index (κ3) is 1.12. The molecule has 2 N–H and O–H groups in total. The van der Waals surface area contributed by atoms with Gasteiger partial charge < -0.3 is 5.73 Å². The second-order valence-corrected chi connectivity index (χ2v) is 2.28. The minimum atomic E-state index is 0.475. The Morgan fingerprint density at radius 3 is 3.00 bits per heavy atom. The predicted octanol–water partition coefficient (Wildman–Crippen LogP) is 0.244. The van der Waals surface area contributed by atoms with Gasteiger partial charge in [0.25, 0.3) is 0 Å². The highest BCUT2D eigenvalue weighted by atomic mass is 15.3. The van der Waals surface area contributed by atoms with Gasteiger partial charge in [0, 0.05) is 12.3 Å². The highest BCUT2D eigenvalue weighted by molar-refractivity contribution is 5.40. The maximum absolute atomic E-state index is 5.49. The van der Waals surface area contributed by atoms with E-state index in [0.29, 0.717) is 5.82 Å². The lowest BCUT2D eigenvalue weighted by atomic mass is 10.4. The number of rotatable bonds is 1. The molecule has 60 valence electrons. The molecule has 0 amide bonds. The van der Waals surface area contributed by atoms with Crippen molar-refractivity contribution in [1.82, 2.24) is 19.7 Å². The van der Waals surface area contributed by atoms with Gasteiger partial charge in [0.15, 0.2) is 0 Å². The molecule has 0 aliphatic rings. The Balaban J connectivity index is 2.48. The molecule has 2 rings (SSSR count). The lowest BCUT2D eigenvalue weighted by molar-refractivity contribution is 0.877. The second-order valence-electron chi connectivity index (χ2n) is 2.28. The molecular weight excluding hydrogens is 154 g/mol. The van der Waals surface area contributed by atoms with Crippen LogP contribution >= 0.6 is 0 Å². The second kappa shape index (κ2) is 2.61. The van der Waals surface area contributed by atoms with Crippen LogP contribution in [0.1, 0.15) is 0 Å². The molecule has 5 heteroatoms. The largest absolute Gasteiger partial charge is 0.384 e. The van der Waals surface area contributed by atoms with E-state index in [1.165, 1.54) is 6.33 Å². The zero-order valence-electron chi connectivity index (χ0n) is 6.25. The van der Waals surface area contributed by atoms with Crippen LogP contribution in [0, 0.1) is 0 Å². The Labute approximate surface area is 68.9 Å². The standard InChI is InChI=1S/C7H7N5/c8-7-3-6(1-2-10-7)12-5-9-4-11-12/h1-5H,(H2,8,10). The summed E-state index contributed by atoms with van der Waals surface area (Å²) >= 11 is 0. The zero-order valence-corrected chi connectivity index (χ0v) is 6.25. The molecule has 2 aromatic rings. The average molecular weight is 161 g/mol. The Morgan fingerprint density at radius 1 is 1.42 bits per heavy atom. The summed E-state index contributed by atoms with van der Waals surface area (Å²) in [5.74, 6) is 0.475. The van der Waals surface area contributed by atoms with Crippen LogP contribution in [0.15, 0.2) is 31.0 Å². The van der Waals surface area contributed by atoms with Crippen LogP contribution in [-0.2, 0) is 0 Å². The smallest absolute Gasteiger partial charge is 0.138 e. The molecule has 2 heterocycles. The number of hydrogen-bond donors (Lipinski definition) is 1. The molecule has 0 fully saturated rings. The van der Waals surface area contributed by atoms with Gasteiger partial charge in [0.05, 0.1) is 5.69 Å². The van der Waals surface area contributed by atoms with E-state index in [4.69, 9.17) is 5.73 Å². The highest BCUT2D eigenvalue weighted by Crippen LogP contribution is 2.06. The van der Waals surface area contributed by atoms with Crippen LogP contribution in [0.4, 0.5) is 5.82 Å². The van der Waals surface area contributed by atoms with E-state index in [9.17, 15) is 0 Å². The summed E-state index contributed by atoms with van der Waals surface area (Å²) in [4.78, 5) is 7.68. The Morgan fingerprint density at radius 2 is 2.33 bits per heavy atom. The minimum absolute atomic E-state index is 0.475. The molecule has 0 spiro atoms. The normalized spacial score (nSPS) is 10.0. The molecule has 0 aliphatic carbocycles. The number of nitrogen functional groups attached to an aromatic ring is 1. The maximum atomic E-state index is 5.49. The van der Waals surface area contributed by atoms with Crippen molar-refractivity contribution >= 4 is 5.82 Å². The summed E-state index contributed by atoms with van der Waals surface area (Å²) in [5, 5.41) is 3.95. The van der Waals surface area contributed by atoms with E-state index in [1.807, 2.05) is 6.07 Å². The first-order valence-corrected chi connectivity index (χ1v) is 3.43. The zero-order chi connectivity index (χ0) is 8.39. The SMILES string of the molecule is Nc1cc(-n2cncn2)ccn1. The van der Waals surface area contributed by atoms with Crippen molar-refractivity contribution in [2.24, 2.45) is 0 Å². The molecule has 5 nitrogen and oxygen atoms in total. The molecule has 0 saturated carbocycles. The number of aromatic nitrogens is 4. The van der Waals surface area contributed by atoms with Gasteiger partial charge in [-0.1, -0.05) is 0 Å². The monoisotopic (exact) mass is 161 g/mol. The minimum Gasteiger partial charge on any atom is -0.384 e.